The maximum atomic E-state index is 12.0. The highest BCUT2D eigenvalue weighted by molar-refractivity contribution is 6.30. The third-order valence-electron chi connectivity index (χ3n) is 6.13. The van der Waals surface area contributed by atoms with Crippen molar-refractivity contribution in [1.82, 2.24) is 19.7 Å². The van der Waals surface area contributed by atoms with Gasteiger partial charge in [0.1, 0.15) is 18.2 Å². The summed E-state index contributed by atoms with van der Waals surface area (Å²) in [6.07, 6.45) is 0.632. The summed E-state index contributed by atoms with van der Waals surface area (Å²) in [5.41, 5.74) is -0.125. The fourth-order valence-corrected chi connectivity index (χ4v) is 4.36. The van der Waals surface area contributed by atoms with Crippen molar-refractivity contribution < 1.29 is 20.1 Å². The topological polar surface area (TPSA) is 133 Å². The molecular formula is C22H24ClN5O4. The van der Waals surface area contributed by atoms with Crippen LogP contribution in [0.25, 0.3) is 11.0 Å². The molecule has 3 aromatic rings. The van der Waals surface area contributed by atoms with Gasteiger partial charge in [-0.15, -0.1) is 0 Å². The molecule has 1 aliphatic rings. The van der Waals surface area contributed by atoms with Crippen LogP contribution in [0.5, 0.6) is 0 Å². The largest absolute Gasteiger partial charge is 0.390 e. The Labute approximate surface area is 189 Å². The van der Waals surface area contributed by atoms with E-state index in [1.165, 1.54) is 17.2 Å². The summed E-state index contributed by atoms with van der Waals surface area (Å²) in [4.78, 5) is 20.4. The van der Waals surface area contributed by atoms with Crippen molar-refractivity contribution >= 4 is 34.4 Å². The molecule has 32 heavy (non-hydrogen) atoms. The molecule has 0 bridgehead atoms. The van der Waals surface area contributed by atoms with Gasteiger partial charge < -0.3 is 20.6 Å². The van der Waals surface area contributed by atoms with Gasteiger partial charge in [0.25, 0.3) is 5.91 Å². The summed E-state index contributed by atoms with van der Waals surface area (Å²) in [7, 11) is 0. The smallest absolute Gasteiger partial charge is 0.251 e. The Balaban J connectivity index is 1.67. The van der Waals surface area contributed by atoms with E-state index >= 15 is 0 Å². The van der Waals surface area contributed by atoms with Crippen molar-refractivity contribution in [2.75, 3.05) is 5.32 Å². The van der Waals surface area contributed by atoms with E-state index < -0.39 is 29.8 Å². The van der Waals surface area contributed by atoms with E-state index in [9.17, 15) is 20.1 Å². The average Bonchev–Trinajstić information content (AvgIpc) is 3.30. The average molecular weight is 458 g/mol. The van der Waals surface area contributed by atoms with Gasteiger partial charge >= 0.3 is 0 Å². The Morgan fingerprint density at radius 1 is 1.25 bits per heavy atom. The van der Waals surface area contributed by atoms with Gasteiger partial charge in [-0.05, 0) is 38.0 Å². The number of halogens is 1. The van der Waals surface area contributed by atoms with Gasteiger partial charge in [0.05, 0.1) is 29.3 Å². The predicted molar refractivity (Wildman–Crippen MR) is 119 cm³/mol. The standard InChI is InChI=1S/C22H24ClN5O4/c1-11(2)21(31)27-19-14-9-26-28(20(14)25-10-24-19)16-8-15(17(29)18(16)30)22(3,32)12-4-6-13(23)7-5-12/h4-7,9-10,15-18,29-30,32H,1,8H2,2-3H3,(H,24,25,27,31)/t15-,16+,17+,18-,22?/m0/s1. The summed E-state index contributed by atoms with van der Waals surface area (Å²) in [5, 5.41) is 40.9. The molecule has 1 fully saturated rings. The molecule has 168 valence electrons. The first-order valence-electron chi connectivity index (χ1n) is 10.1. The van der Waals surface area contributed by atoms with Gasteiger partial charge in [0.15, 0.2) is 5.65 Å². The first-order valence-corrected chi connectivity index (χ1v) is 10.5. The van der Waals surface area contributed by atoms with Gasteiger partial charge in [0.2, 0.25) is 0 Å². The van der Waals surface area contributed by atoms with Crippen LogP contribution in [0, 0.1) is 5.92 Å². The van der Waals surface area contributed by atoms with Crippen LogP contribution in [0.4, 0.5) is 5.82 Å². The van der Waals surface area contributed by atoms with Crippen LogP contribution in [0.3, 0.4) is 0 Å². The molecule has 2 heterocycles. The molecule has 0 spiro atoms. The Kier molecular flexibility index (Phi) is 5.76. The molecule has 10 heteroatoms. The fourth-order valence-electron chi connectivity index (χ4n) is 4.23. The predicted octanol–water partition coefficient (Wildman–Crippen LogP) is 2.18. The van der Waals surface area contributed by atoms with Crippen LogP contribution in [0.2, 0.25) is 5.02 Å². The van der Waals surface area contributed by atoms with Crippen LogP contribution < -0.4 is 5.32 Å². The summed E-state index contributed by atoms with van der Waals surface area (Å²) >= 11 is 5.96. The van der Waals surface area contributed by atoms with E-state index in [4.69, 9.17) is 11.6 Å². The molecule has 1 amide bonds. The number of nitrogens with one attached hydrogen (secondary N) is 1. The van der Waals surface area contributed by atoms with Crippen molar-refractivity contribution in [3.05, 3.63) is 59.5 Å². The highest BCUT2D eigenvalue weighted by Gasteiger charge is 2.51. The highest BCUT2D eigenvalue weighted by atomic mass is 35.5. The monoisotopic (exact) mass is 457 g/mol. The zero-order valence-electron chi connectivity index (χ0n) is 17.6. The lowest BCUT2D eigenvalue weighted by atomic mass is 9.80. The number of fused-ring (bicyclic) bond motifs is 1. The van der Waals surface area contributed by atoms with Gasteiger partial charge in [0, 0.05) is 16.5 Å². The second-order valence-electron chi connectivity index (χ2n) is 8.33. The first-order chi connectivity index (χ1) is 15.1. The molecule has 1 aromatic carbocycles. The normalized spacial score (nSPS) is 24.9. The number of nitrogens with zero attached hydrogens (tertiary/aromatic N) is 4. The van der Waals surface area contributed by atoms with Crippen LogP contribution in [0.15, 0.2) is 48.9 Å². The number of aliphatic hydroxyl groups is 3. The zero-order chi connectivity index (χ0) is 23.2. The molecule has 4 rings (SSSR count). The van der Waals surface area contributed by atoms with Gasteiger partial charge in [-0.3, -0.25) is 4.79 Å². The molecule has 9 nitrogen and oxygen atoms in total. The zero-order valence-corrected chi connectivity index (χ0v) is 18.4. The van der Waals surface area contributed by atoms with Crippen molar-refractivity contribution in [1.29, 1.82) is 0 Å². The third kappa shape index (κ3) is 3.77. The lowest BCUT2D eigenvalue weighted by molar-refractivity contribution is -0.112. The number of carbonyl (C=O) groups is 1. The minimum Gasteiger partial charge on any atom is -0.390 e. The second kappa shape index (κ2) is 8.25. The molecule has 2 aromatic heterocycles. The number of benzene rings is 1. The van der Waals surface area contributed by atoms with Crippen molar-refractivity contribution in [2.45, 2.75) is 44.1 Å². The maximum Gasteiger partial charge on any atom is 0.251 e. The van der Waals surface area contributed by atoms with Gasteiger partial charge in [-0.25, -0.2) is 14.6 Å². The van der Waals surface area contributed by atoms with E-state index in [-0.39, 0.29) is 18.1 Å². The van der Waals surface area contributed by atoms with Gasteiger partial charge in [-0.2, -0.15) is 5.10 Å². The van der Waals surface area contributed by atoms with Gasteiger partial charge in [-0.1, -0.05) is 30.3 Å². The van der Waals surface area contributed by atoms with E-state index in [1.54, 1.807) is 38.1 Å². The quantitative estimate of drug-likeness (QED) is 0.431. The Morgan fingerprint density at radius 3 is 2.59 bits per heavy atom. The lowest BCUT2D eigenvalue weighted by Crippen LogP contribution is -2.40. The molecule has 1 unspecified atom stereocenters. The molecule has 0 radical (unpaired) electrons. The molecule has 4 N–H and O–H groups in total. The highest BCUT2D eigenvalue weighted by Crippen LogP contribution is 2.45. The summed E-state index contributed by atoms with van der Waals surface area (Å²) in [5.74, 6) is -0.785. The molecule has 5 atom stereocenters. The summed E-state index contributed by atoms with van der Waals surface area (Å²) in [6.45, 7) is 6.80. The van der Waals surface area contributed by atoms with Crippen LogP contribution >= 0.6 is 11.6 Å². The van der Waals surface area contributed by atoms with Crippen molar-refractivity contribution in [3.63, 3.8) is 0 Å². The lowest BCUT2D eigenvalue weighted by Gasteiger charge is -2.33. The summed E-state index contributed by atoms with van der Waals surface area (Å²) < 4.78 is 1.50. The van der Waals surface area contributed by atoms with E-state index in [0.717, 1.165) is 0 Å². The van der Waals surface area contributed by atoms with E-state index in [1.807, 2.05) is 0 Å². The number of anilines is 1. The minimum atomic E-state index is -1.42. The Bertz CT molecular complexity index is 1180. The first kappa shape index (κ1) is 22.3. The van der Waals surface area contributed by atoms with Crippen molar-refractivity contribution in [3.8, 4) is 0 Å². The molecular weight excluding hydrogens is 434 g/mol. The number of amides is 1. The molecule has 0 aliphatic heterocycles. The minimum absolute atomic E-state index is 0.242. The van der Waals surface area contributed by atoms with Crippen LogP contribution in [-0.4, -0.2) is 53.2 Å². The molecule has 1 aliphatic carbocycles. The van der Waals surface area contributed by atoms with Crippen LogP contribution in [-0.2, 0) is 10.4 Å². The Morgan fingerprint density at radius 2 is 1.94 bits per heavy atom. The number of aromatic nitrogens is 4. The molecule has 0 saturated heterocycles. The second-order valence-corrected chi connectivity index (χ2v) is 8.76. The van der Waals surface area contributed by atoms with E-state index in [0.29, 0.717) is 27.2 Å². The van der Waals surface area contributed by atoms with Crippen molar-refractivity contribution in [2.24, 2.45) is 5.92 Å². The Hall–Kier alpha value is -2.85. The third-order valence-corrected chi connectivity index (χ3v) is 6.38. The van der Waals surface area contributed by atoms with E-state index in [2.05, 4.69) is 27.0 Å². The number of carbonyl (C=O) groups excluding carboxylic acids is 1. The van der Waals surface area contributed by atoms with Crippen LogP contribution in [0.1, 0.15) is 31.9 Å². The summed E-state index contributed by atoms with van der Waals surface area (Å²) in [6, 6.07) is 6.08. The maximum absolute atomic E-state index is 12.0. The SMILES string of the molecule is C=C(C)C(=O)Nc1ncnc2c1cnn2[C@@H]1C[C@H](C(C)(O)c2ccc(Cl)cc2)[C@@H](O)[C@H]1O. The molecule has 1 saturated carbocycles. The number of hydrogen-bond donors (Lipinski definition) is 4. The number of rotatable bonds is 5. The number of aliphatic hydroxyl groups excluding tert-OH is 2. The number of hydrogen-bond acceptors (Lipinski definition) is 7. The fraction of sp³-hybridized carbons (Fsp3) is 0.364.